The first-order valence-corrected chi connectivity index (χ1v) is 5.33. The third kappa shape index (κ3) is 1.93. The van der Waals surface area contributed by atoms with Crippen molar-refractivity contribution in [2.45, 2.75) is 13.8 Å². The molecule has 0 bridgehead atoms. The molecule has 0 aliphatic rings. The van der Waals surface area contributed by atoms with Gasteiger partial charge in [0, 0.05) is 5.69 Å². The third-order valence-electron chi connectivity index (χ3n) is 1.94. The third-order valence-corrected chi connectivity index (χ3v) is 2.92. The molecular weight excluding hydrogens is 192 g/mol. The van der Waals surface area contributed by atoms with E-state index in [1.807, 2.05) is 32.0 Å². The standard InChI is InChI=1S/C11H12N2S/c1-8-11(14-9(2)12-8)13-10-6-4-3-5-7-10/h3-7,13H,1-2H3. The molecule has 1 aromatic heterocycles. The first-order valence-electron chi connectivity index (χ1n) is 4.52. The van der Waals surface area contributed by atoms with Gasteiger partial charge in [-0.1, -0.05) is 18.2 Å². The van der Waals surface area contributed by atoms with Crippen LogP contribution in [-0.4, -0.2) is 4.98 Å². The quantitative estimate of drug-likeness (QED) is 0.809. The van der Waals surface area contributed by atoms with Crippen molar-refractivity contribution in [1.29, 1.82) is 0 Å². The highest BCUT2D eigenvalue weighted by Crippen LogP contribution is 2.26. The second-order valence-corrected chi connectivity index (χ2v) is 4.34. The predicted octanol–water partition coefficient (Wildman–Crippen LogP) is 3.50. The van der Waals surface area contributed by atoms with Crippen LogP contribution in [0.4, 0.5) is 10.7 Å². The van der Waals surface area contributed by atoms with Gasteiger partial charge in [0.1, 0.15) is 5.00 Å². The van der Waals surface area contributed by atoms with Gasteiger partial charge in [-0.2, -0.15) is 0 Å². The van der Waals surface area contributed by atoms with Crippen LogP contribution >= 0.6 is 11.3 Å². The number of aromatic nitrogens is 1. The number of benzene rings is 1. The molecule has 0 saturated carbocycles. The molecule has 2 nitrogen and oxygen atoms in total. The summed E-state index contributed by atoms with van der Waals surface area (Å²) in [5, 5.41) is 5.58. The van der Waals surface area contributed by atoms with Gasteiger partial charge in [0.2, 0.25) is 0 Å². The Morgan fingerprint density at radius 1 is 1.14 bits per heavy atom. The van der Waals surface area contributed by atoms with Crippen LogP contribution < -0.4 is 5.32 Å². The van der Waals surface area contributed by atoms with E-state index in [0.717, 1.165) is 21.4 Å². The summed E-state index contributed by atoms with van der Waals surface area (Å²) in [6, 6.07) is 10.1. The van der Waals surface area contributed by atoms with Gasteiger partial charge in [-0.05, 0) is 26.0 Å². The molecule has 0 aliphatic heterocycles. The maximum atomic E-state index is 4.36. The second kappa shape index (κ2) is 3.80. The van der Waals surface area contributed by atoms with Crippen LogP contribution in [0.3, 0.4) is 0 Å². The summed E-state index contributed by atoms with van der Waals surface area (Å²) < 4.78 is 0. The van der Waals surface area contributed by atoms with E-state index in [1.165, 1.54) is 0 Å². The number of rotatable bonds is 2. The topological polar surface area (TPSA) is 24.9 Å². The highest BCUT2D eigenvalue weighted by molar-refractivity contribution is 7.15. The lowest BCUT2D eigenvalue weighted by atomic mass is 10.3. The van der Waals surface area contributed by atoms with E-state index in [1.54, 1.807) is 11.3 Å². The van der Waals surface area contributed by atoms with E-state index in [9.17, 15) is 0 Å². The minimum absolute atomic E-state index is 1.07. The number of anilines is 2. The number of hydrogen-bond acceptors (Lipinski definition) is 3. The fraction of sp³-hybridized carbons (Fsp3) is 0.182. The lowest BCUT2D eigenvalue weighted by molar-refractivity contribution is 1.20. The summed E-state index contributed by atoms with van der Waals surface area (Å²) in [6.07, 6.45) is 0. The summed E-state index contributed by atoms with van der Waals surface area (Å²) in [7, 11) is 0. The van der Waals surface area contributed by atoms with Crippen molar-refractivity contribution in [3.63, 3.8) is 0 Å². The Labute approximate surface area is 87.6 Å². The molecule has 0 spiro atoms. The SMILES string of the molecule is Cc1nc(C)c(Nc2ccccc2)s1. The van der Waals surface area contributed by atoms with Gasteiger partial charge in [0.05, 0.1) is 10.7 Å². The Hall–Kier alpha value is -1.35. The lowest BCUT2D eigenvalue weighted by Gasteiger charge is -2.02. The number of thiazole rings is 1. The van der Waals surface area contributed by atoms with Gasteiger partial charge in [-0.15, -0.1) is 11.3 Å². The molecule has 1 aromatic carbocycles. The van der Waals surface area contributed by atoms with Gasteiger partial charge in [0.15, 0.2) is 0 Å². The normalized spacial score (nSPS) is 10.1. The van der Waals surface area contributed by atoms with Gasteiger partial charge in [0.25, 0.3) is 0 Å². The Balaban J connectivity index is 2.23. The fourth-order valence-electron chi connectivity index (χ4n) is 1.30. The van der Waals surface area contributed by atoms with Crippen molar-refractivity contribution < 1.29 is 0 Å². The number of nitrogens with one attached hydrogen (secondary N) is 1. The lowest BCUT2D eigenvalue weighted by Crippen LogP contribution is -1.88. The van der Waals surface area contributed by atoms with Gasteiger partial charge in [-0.3, -0.25) is 0 Å². The molecule has 1 N–H and O–H groups in total. The van der Waals surface area contributed by atoms with E-state index in [2.05, 4.69) is 22.4 Å². The zero-order valence-electron chi connectivity index (χ0n) is 8.24. The molecule has 14 heavy (non-hydrogen) atoms. The van der Waals surface area contributed by atoms with Crippen LogP contribution in [0.5, 0.6) is 0 Å². The van der Waals surface area contributed by atoms with E-state index in [-0.39, 0.29) is 0 Å². The highest BCUT2D eigenvalue weighted by atomic mass is 32.1. The van der Waals surface area contributed by atoms with Gasteiger partial charge in [-0.25, -0.2) is 4.98 Å². The highest BCUT2D eigenvalue weighted by Gasteiger charge is 2.03. The monoisotopic (exact) mass is 204 g/mol. The minimum atomic E-state index is 1.07. The molecule has 2 aromatic rings. The molecular formula is C11H12N2S. The van der Waals surface area contributed by atoms with Crippen LogP contribution in [0.2, 0.25) is 0 Å². The van der Waals surface area contributed by atoms with Crippen molar-refractivity contribution in [3.05, 3.63) is 41.0 Å². The predicted molar refractivity (Wildman–Crippen MR) is 61.3 cm³/mol. The number of para-hydroxylation sites is 1. The Kier molecular flexibility index (Phi) is 2.50. The zero-order chi connectivity index (χ0) is 9.97. The molecule has 0 saturated heterocycles. The number of aryl methyl sites for hydroxylation is 2. The van der Waals surface area contributed by atoms with E-state index in [0.29, 0.717) is 0 Å². The number of nitrogens with zero attached hydrogens (tertiary/aromatic N) is 1. The largest absolute Gasteiger partial charge is 0.346 e. The minimum Gasteiger partial charge on any atom is -0.346 e. The summed E-state index contributed by atoms with van der Waals surface area (Å²) in [4.78, 5) is 4.36. The van der Waals surface area contributed by atoms with Crippen LogP contribution in [0.25, 0.3) is 0 Å². The van der Waals surface area contributed by atoms with Gasteiger partial charge < -0.3 is 5.32 Å². The first kappa shape index (κ1) is 9.21. The maximum Gasteiger partial charge on any atom is 0.116 e. The number of hydrogen-bond donors (Lipinski definition) is 1. The van der Waals surface area contributed by atoms with E-state index < -0.39 is 0 Å². The van der Waals surface area contributed by atoms with Gasteiger partial charge >= 0.3 is 0 Å². The molecule has 0 fully saturated rings. The summed E-state index contributed by atoms with van der Waals surface area (Å²) in [6.45, 7) is 4.04. The molecule has 0 unspecified atom stereocenters. The van der Waals surface area contributed by atoms with Crippen LogP contribution in [0.1, 0.15) is 10.7 Å². The molecule has 0 radical (unpaired) electrons. The molecule has 0 amide bonds. The first-order chi connectivity index (χ1) is 6.75. The summed E-state index contributed by atoms with van der Waals surface area (Å²) >= 11 is 1.69. The van der Waals surface area contributed by atoms with Crippen LogP contribution in [0.15, 0.2) is 30.3 Å². The van der Waals surface area contributed by atoms with Crippen molar-refractivity contribution >= 4 is 22.0 Å². The molecule has 72 valence electrons. The fourth-order valence-corrected chi connectivity index (χ4v) is 2.14. The average Bonchev–Trinajstić information content (AvgIpc) is 2.47. The molecule has 3 heteroatoms. The molecule has 2 rings (SSSR count). The molecule has 0 aliphatic carbocycles. The Bertz CT molecular complexity index is 420. The maximum absolute atomic E-state index is 4.36. The molecule has 1 heterocycles. The molecule has 0 atom stereocenters. The summed E-state index contributed by atoms with van der Waals surface area (Å²) in [5.74, 6) is 0. The average molecular weight is 204 g/mol. The van der Waals surface area contributed by atoms with Crippen LogP contribution in [0, 0.1) is 13.8 Å². The Morgan fingerprint density at radius 2 is 1.86 bits per heavy atom. The zero-order valence-corrected chi connectivity index (χ0v) is 9.06. The van der Waals surface area contributed by atoms with E-state index >= 15 is 0 Å². The van der Waals surface area contributed by atoms with Crippen molar-refractivity contribution in [3.8, 4) is 0 Å². The van der Waals surface area contributed by atoms with Crippen LogP contribution in [-0.2, 0) is 0 Å². The van der Waals surface area contributed by atoms with Crippen molar-refractivity contribution in [2.24, 2.45) is 0 Å². The smallest absolute Gasteiger partial charge is 0.116 e. The van der Waals surface area contributed by atoms with Crippen molar-refractivity contribution in [1.82, 2.24) is 4.98 Å². The van der Waals surface area contributed by atoms with Crippen molar-refractivity contribution in [2.75, 3.05) is 5.32 Å². The second-order valence-electron chi connectivity index (χ2n) is 3.14. The Morgan fingerprint density at radius 3 is 2.43 bits per heavy atom. The summed E-state index contributed by atoms with van der Waals surface area (Å²) in [5.41, 5.74) is 2.18. The van der Waals surface area contributed by atoms with E-state index in [4.69, 9.17) is 0 Å².